The summed E-state index contributed by atoms with van der Waals surface area (Å²) in [6.45, 7) is 5.80. The van der Waals surface area contributed by atoms with Gasteiger partial charge in [0, 0.05) is 33.9 Å². The van der Waals surface area contributed by atoms with E-state index in [0.29, 0.717) is 23.4 Å². The first-order valence-electron chi connectivity index (χ1n) is 12.0. The fraction of sp³-hybridized carbons (Fsp3) is 0.259. The fourth-order valence-electron chi connectivity index (χ4n) is 4.07. The van der Waals surface area contributed by atoms with Crippen LogP contribution in [-0.4, -0.2) is 39.7 Å². The number of primary amides is 1. The second-order valence-corrected chi connectivity index (χ2v) is 10.2. The Morgan fingerprint density at radius 2 is 1.84 bits per heavy atom. The third kappa shape index (κ3) is 5.05. The Labute approximate surface area is 224 Å². The maximum Gasteiger partial charge on any atom is 0.273 e. The van der Waals surface area contributed by atoms with Crippen LogP contribution in [0, 0.1) is 0 Å². The molecule has 6 N–H and O–H groups in total. The number of para-hydroxylation sites is 1. The highest BCUT2D eigenvalue weighted by atomic mass is 32.1. The normalized spacial score (nSPS) is 12.2. The first-order chi connectivity index (χ1) is 18.1. The summed E-state index contributed by atoms with van der Waals surface area (Å²) in [5.74, 6) is -1.25. The molecule has 198 valence electrons. The topological polar surface area (TPSA) is 156 Å². The lowest BCUT2D eigenvalue weighted by Crippen LogP contribution is -2.50. The number of nitrogens with one attached hydrogen (secondary N) is 2. The van der Waals surface area contributed by atoms with Gasteiger partial charge in [0.15, 0.2) is 5.69 Å². The Morgan fingerprint density at radius 1 is 1.16 bits per heavy atom. The minimum atomic E-state index is -1.10. The van der Waals surface area contributed by atoms with Crippen molar-refractivity contribution in [1.29, 1.82) is 0 Å². The van der Waals surface area contributed by atoms with Crippen molar-refractivity contribution in [3.05, 3.63) is 70.9 Å². The summed E-state index contributed by atoms with van der Waals surface area (Å²) in [5.41, 5.74) is 12.5. The maximum atomic E-state index is 14.2. The van der Waals surface area contributed by atoms with E-state index < -0.39 is 23.4 Å². The van der Waals surface area contributed by atoms with Gasteiger partial charge >= 0.3 is 0 Å². The summed E-state index contributed by atoms with van der Waals surface area (Å²) in [5, 5.41) is 3.87. The molecule has 0 fully saturated rings. The number of ether oxygens (including phenoxy) is 1. The Kier molecular flexibility index (Phi) is 7.40. The second-order valence-electron chi connectivity index (χ2n) is 9.43. The second kappa shape index (κ2) is 10.5. The number of aromatic amines is 1. The molecule has 0 bridgehead atoms. The van der Waals surface area contributed by atoms with Crippen LogP contribution in [0.15, 0.2) is 54.7 Å². The quantitative estimate of drug-likeness (QED) is 0.254. The Hall–Kier alpha value is -4.38. The van der Waals surface area contributed by atoms with Gasteiger partial charge in [0.05, 0.1) is 12.8 Å². The highest BCUT2D eigenvalue weighted by molar-refractivity contribution is 7.09. The maximum absolute atomic E-state index is 14.2. The zero-order valence-corrected chi connectivity index (χ0v) is 22.4. The molecule has 0 aliphatic rings. The van der Waals surface area contributed by atoms with Crippen LogP contribution in [0.5, 0.6) is 5.75 Å². The molecule has 2 aromatic carbocycles. The number of nitrogen functional groups attached to an aromatic ring is 1. The summed E-state index contributed by atoms with van der Waals surface area (Å²) in [7, 11) is 1.54. The highest BCUT2D eigenvalue weighted by Gasteiger charge is 2.38. The highest BCUT2D eigenvalue weighted by Crippen LogP contribution is 2.36. The molecule has 0 saturated heterocycles. The van der Waals surface area contributed by atoms with E-state index in [1.54, 1.807) is 30.5 Å². The van der Waals surface area contributed by atoms with E-state index in [9.17, 15) is 14.4 Å². The molecule has 4 aromatic rings. The molecule has 11 heteroatoms. The molecule has 38 heavy (non-hydrogen) atoms. The molecule has 2 heterocycles. The van der Waals surface area contributed by atoms with Crippen molar-refractivity contribution in [1.82, 2.24) is 14.7 Å². The van der Waals surface area contributed by atoms with Crippen molar-refractivity contribution < 1.29 is 19.1 Å². The van der Waals surface area contributed by atoms with E-state index in [4.69, 9.17) is 16.2 Å². The largest absolute Gasteiger partial charge is 0.497 e. The van der Waals surface area contributed by atoms with E-state index in [2.05, 4.69) is 14.7 Å². The van der Waals surface area contributed by atoms with Crippen LogP contribution >= 0.6 is 11.5 Å². The molecule has 1 atom stereocenters. The number of methoxy groups -OCH3 is 1. The van der Waals surface area contributed by atoms with Gasteiger partial charge in [0.2, 0.25) is 5.91 Å². The van der Waals surface area contributed by atoms with Gasteiger partial charge in [-0.25, -0.2) is 0 Å². The van der Waals surface area contributed by atoms with Gasteiger partial charge in [0.1, 0.15) is 16.7 Å². The van der Waals surface area contributed by atoms with Crippen molar-refractivity contribution in [2.45, 2.75) is 38.8 Å². The van der Waals surface area contributed by atoms with Gasteiger partial charge in [-0.15, -0.1) is 0 Å². The number of H-pyrrole nitrogens is 1. The summed E-state index contributed by atoms with van der Waals surface area (Å²) >= 11 is 0.760. The third-order valence-electron chi connectivity index (χ3n) is 6.49. The molecule has 3 amide bonds. The Balaban J connectivity index is 1.95. The number of anilines is 2. The molecule has 4 rings (SSSR count). The lowest BCUT2D eigenvalue weighted by Gasteiger charge is -2.34. The molecule has 2 aromatic heterocycles. The first-order valence-corrected chi connectivity index (χ1v) is 12.8. The molecule has 0 aliphatic carbocycles. The van der Waals surface area contributed by atoms with E-state index >= 15 is 0 Å². The van der Waals surface area contributed by atoms with Crippen LogP contribution in [0.25, 0.3) is 10.9 Å². The molecule has 0 saturated carbocycles. The van der Waals surface area contributed by atoms with Crippen molar-refractivity contribution in [3.63, 3.8) is 0 Å². The summed E-state index contributed by atoms with van der Waals surface area (Å²) in [6.07, 6.45) is 2.39. The Morgan fingerprint density at radius 3 is 2.45 bits per heavy atom. The van der Waals surface area contributed by atoms with E-state index in [1.165, 1.54) is 12.0 Å². The van der Waals surface area contributed by atoms with Crippen LogP contribution in [0.1, 0.15) is 59.0 Å². The average molecular weight is 535 g/mol. The number of hydrogen-bond donors (Lipinski definition) is 4. The number of nitrogens with zero attached hydrogens (tertiary/aromatic N) is 2. The fourth-order valence-corrected chi connectivity index (χ4v) is 4.82. The standard InChI is InChI=1S/C27H30N6O4S/c1-5-27(2,3)31-25(35)22(18-14-30-19-9-7-6-8-17(18)19)33(15-10-12-16(37-4)13-11-15)26(36)23-20(28)21(24(29)34)32-38-23/h6-14,22,30H,5,28H2,1-4H3,(H2,29,34)(H,31,35)/t22-/m0/s1. The lowest BCUT2D eigenvalue weighted by molar-refractivity contribution is -0.124. The molecule has 0 aliphatic heterocycles. The van der Waals surface area contributed by atoms with Crippen LogP contribution in [0.3, 0.4) is 0 Å². The summed E-state index contributed by atoms with van der Waals surface area (Å²) < 4.78 is 9.29. The predicted octanol–water partition coefficient (Wildman–Crippen LogP) is 4.01. The first kappa shape index (κ1) is 26.7. The predicted molar refractivity (Wildman–Crippen MR) is 148 cm³/mol. The molecule has 0 unspecified atom stereocenters. The lowest BCUT2D eigenvalue weighted by atomic mass is 9.97. The van der Waals surface area contributed by atoms with Crippen molar-refractivity contribution in [2.24, 2.45) is 5.73 Å². The van der Waals surface area contributed by atoms with Crippen LogP contribution in [0.2, 0.25) is 0 Å². The Bertz CT molecular complexity index is 1490. The van der Waals surface area contributed by atoms with Crippen LogP contribution in [-0.2, 0) is 4.79 Å². The molecular formula is C27H30N6O4S. The monoisotopic (exact) mass is 534 g/mol. The van der Waals surface area contributed by atoms with Gasteiger partial charge < -0.3 is 26.5 Å². The van der Waals surface area contributed by atoms with E-state index in [-0.39, 0.29) is 22.2 Å². The van der Waals surface area contributed by atoms with Crippen LogP contribution in [0.4, 0.5) is 11.4 Å². The molecular weight excluding hydrogens is 504 g/mol. The number of benzene rings is 2. The molecule has 10 nitrogen and oxygen atoms in total. The summed E-state index contributed by atoms with van der Waals surface area (Å²) in [4.78, 5) is 44.7. The van der Waals surface area contributed by atoms with E-state index in [0.717, 1.165) is 22.4 Å². The number of fused-ring (bicyclic) bond motifs is 1. The number of amides is 3. The van der Waals surface area contributed by atoms with Gasteiger partial charge in [-0.05, 0) is 62.1 Å². The average Bonchev–Trinajstić information content (AvgIpc) is 3.50. The zero-order valence-electron chi connectivity index (χ0n) is 21.6. The number of nitrogens with two attached hydrogens (primary N) is 2. The minimum absolute atomic E-state index is 0.00186. The number of carbonyl (C=O) groups excluding carboxylic acids is 3. The molecule has 0 spiro atoms. The number of rotatable bonds is 9. The van der Waals surface area contributed by atoms with E-state index in [1.807, 2.05) is 45.0 Å². The number of hydrogen-bond acceptors (Lipinski definition) is 7. The third-order valence-corrected chi connectivity index (χ3v) is 7.34. The number of carbonyl (C=O) groups is 3. The SMILES string of the molecule is CCC(C)(C)NC(=O)[C@H](c1c[nH]c2ccccc12)N(C(=O)c1snc(C(N)=O)c1N)c1ccc(OC)cc1. The number of aromatic nitrogens is 2. The minimum Gasteiger partial charge on any atom is -0.497 e. The van der Waals surface area contributed by atoms with Gasteiger partial charge in [-0.2, -0.15) is 4.37 Å². The van der Waals surface area contributed by atoms with Gasteiger partial charge in [-0.1, -0.05) is 25.1 Å². The summed E-state index contributed by atoms with van der Waals surface area (Å²) in [6, 6.07) is 13.2. The van der Waals surface area contributed by atoms with Crippen molar-refractivity contribution >= 4 is 51.5 Å². The van der Waals surface area contributed by atoms with Crippen molar-refractivity contribution in [2.75, 3.05) is 17.7 Å². The zero-order chi connectivity index (χ0) is 27.6. The van der Waals surface area contributed by atoms with Gasteiger partial charge in [0.25, 0.3) is 11.8 Å². The van der Waals surface area contributed by atoms with Crippen molar-refractivity contribution in [3.8, 4) is 5.75 Å². The smallest absolute Gasteiger partial charge is 0.273 e. The molecule has 0 radical (unpaired) electrons. The van der Waals surface area contributed by atoms with Crippen LogP contribution < -0.4 is 26.4 Å². The van der Waals surface area contributed by atoms with Gasteiger partial charge in [-0.3, -0.25) is 19.3 Å².